The summed E-state index contributed by atoms with van der Waals surface area (Å²) in [5, 5.41) is 12.8. The van der Waals surface area contributed by atoms with Crippen LogP contribution in [0.15, 0.2) is 6.07 Å². The minimum absolute atomic E-state index is 0.832. The fourth-order valence-corrected chi connectivity index (χ4v) is 1.50. The Morgan fingerprint density at radius 3 is 2.23 bits per heavy atom. The summed E-state index contributed by atoms with van der Waals surface area (Å²) < 4.78 is 0. The summed E-state index contributed by atoms with van der Waals surface area (Å²) in [6.07, 6.45) is 0. The molecule has 0 atom stereocenters. The van der Waals surface area contributed by atoms with Gasteiger partial charge in [0.25, 0.3) is 0 Å². The molecule has 1 aromatic carbocycles. The number of nitrogens with zero attached hydrogens (tertiary/aromatic N) is 1. The molecule has 1 rings (SSSR count). The van der Waals surface area contributed by atoms with Crippen molar-refractivity contribution in [2.45, 2.75) is 27.7 Å². The molecule has 0 radical (unpaired) electrons. The van der Waals surface area contributed by atoms with E-state index in [2.05, 4.69) is 24.1 Å². The van der Waals surface area contributed by atoms with E-state index in [1.165, 1.54) is 11.1 Å². The highest BCUT2D eigenvalue weighted by atomic mass is 16.4. The number of hydrogen-bond acceptors (Lipinski definition) is 1. The highest BCUT2D eigenvalue weighted by Gasteiger charge is 2.09. The molecule has 0 aromatic heterocycles. The van der Waals surface area contributed by atoms with Crippen LogP contribution in [0.5, 0.6) is 0 Å². The predicted molar refractivity (Wildman–Crippen MR) is 55.1 cm³/mol. The number of benzene rings is 1. The second-order valence-corrected chi connectivity index (χ2v) is 3.34. The second kappa shape index (κ2) is 3.49. The van der Waals surface area contributed by atoms with Crippen molar-refractivity contribution in [1.29, 1.82) is 0 Å². The normalized spacial score (nSPS) is 9.23. The Hall–Kier alpha value is -1.49. The molecule has 0 amide bonds. The summed E-state index contributed by atoms with van der Waals surface area (Å²) in [6, 6.07) is 4.53. The SMILES string of the molecule is Cc1cc(C)c(C#[N+][O-])c(C)c1C. The minimum atomic E-state index is 0.832. The first-order valence-electron chi connectivity index (χ1n) is 4.23. The Bertz CT molecular complexity index is 397. The molecule has 0 saturated heterocycles. The van der Waals surface area contributed by atoms with Gasteiger partial charge < -0.3 is 5.21 Å². The lowest BCUT2D eigenvalue weighted by atomic mass is 9.95. The topological polar surface area (TPSA) is 27.4 Å². The largest absolute Gasteiger partial charge is 0.498 e. The van der Waals surface area contributed by atoms with Crippen LogP contribution >= 0.6 is 0 Å². The maximum absolute atomic E-state index is 10.1. The van der Waals surface area contributed by atoms with Gasteiger partial charge in [0.05, 0.1) is 0 Å². The summed E-state index contributed by atoms with van der Waals surface area (Å²) in [6.45, 7) is 8.06. The highest BCUT2D eigenvalue weighted by Crippen LogP contribution is 2.20. The summed E-state index contributed by atoms with van der Waals surface area (Å²) in [5.74, 6) is 0. The highest BCUT2D eigenvalue weighted by molar-refractivity contribution is 5.51. The molecule has 68 valence electrons. The van der Waals surface area contributed by atoms with Crippen LogP contribution in [0.3, 0.4) is 0 Å². The molecule has 0 saturated carbocycles. The van der Waals surface area contributed by atoms with E-state index < -0.39 is 0 Å². The molecular weight excluding hydrogens is 162 g/mol. The van der Waals surface area contributed by atoms with E-state index in [4.69, 9.17) is 0 Å². The van der Waals surface area contributed by atoms with Crippen molar-refractivity contribution in [3.05, 3.63) is 44.1 Å². The standard InChI is InChI=1S/C11H13NO/c1-7-5-8(2)11(6-12-13)10(4)9(7)3/h5H,1-4H3. The monoisotopic (exact) mass is 175 g/mol. The van der Waals surface area contributed by atoms with Gasteiger partial charge in [0, 0.05) is 5.01 Å². The van der Waals surface area contributed by atoms with E-state index in [0.717, 1.165) is 16.7 Å². The van der Waals surface area contributed by atoms with Crippen molar-refractivity contribution in [3.8, 4) is 6.07 Å². The van der Waals surface area contributed by atoms with Crippen LogP contribution in [0.1, 0.15) is 27.8 Å². The van der Waals surface area contributed by atoms with Gasteiger partial charge in [-0.05, 0) is 49.9 Å². The van der Waals surface area contributed by atoms with Crippen molar-refractivity contribution >= 4 is 0 Å². The molecule has 0 aliphatic heterocycles. The maximum Gasteiger partial charge on any atom is 0.337 e. The average Bonchev–Trinajstić information content (AvgIpc) is 2.09. The van der Waals surface area contributed by atoms with Gasteiger partial charge in [-0.25, -0.2) is 0 Å². The van der Waals surface area contributed by atoms with Gasteiger partial charge in [0.15, 0.2) is 0 Å². The molecule has 0 bridgehead atoms. The molecular formula is C11H13NO. The van der Waals surface area contributed by atoms with E-state index in [1.807, 2.05) is 20.8 Å². The molecule has 0 aliphatic carbocycles. The van der Waals surface area contributed by atoms with Gasteiger partial charge in [0.1, 0.15) is 5.56 Å². The number of rotatable bonds is 0. The van der Waals surface area contributed by atoms with E-state index in [-0.39, 0.29) is 0 Å². The van der Waals surface area contributed by atoms with Gasteiger partial charge in [-0.2, -0.15) is 0 Å². The first kappa shape index (κ1) is 9.60. The summed E-state index contributed by atoms with van der Waals surface area (Å²) in [7, 11) is 0. The fraction of sp³-hybridized carbons (Fsp3) is 0.364. The number of hydrogen-bond donors (Lipinski definition) is 0. The zero-order valence-corrected chi connectivity index (χ0v) is 8.43. The van der Waals surface area contributed by atoms with Gasteiger partial charge in [0.2, 0.25) is 0 Å². The fourth-order valence-electron chi connectivity index (χ4n) is 1.50. The summed E-state index contributed by atoms with van der Waals surface area (Å²) in [5.41, 5.74) is 5.43. The molecule has 0 spiro atoms. The zero-order chi connectivity index (χ0) is 10.0. The smallest absolute Gasteiger partial charge is 0.337 e. The second-order valence-electron chi connectivity index (χ2n) is 3.34. The third kappa shape index (κ3) is 1.65. The van der Waals surface area contributed by atoms with Gasteiger partial charge >= 0.3 is 6.07 Å². The summed E-state index contributed by atoms with van der Waals surface area (Å²) >= 11 is 0. The Balaban J connectivity index is 3.49. The molecule has 2 nitrogen and oxygen atoms in total. The van der Waals surface area contributed by atoms with Crippen LogP contribution in [0, 0.1) is 39.0 Å². The minimum Gasteiger partial charge on any atom is -0.498 e. The lowest BCUT2D eigenvalue weighted by Gasteiger charge is -2.07. The van der Waals surface area contributed by atoms with Crippen molar-refractivity contribution < 1.29 is 0 Å². The maximum atomic E-state index is 10.1. The van der Waals surface area contributed by atoms with E-state index >= 15 is 0 Å². The first-order chi connectivity index (χ1) is 6.07. The Labute approximate surface area is 78.6 Å². The predicted octanol–water partition coefficient (Wildman–Crippen LogP) is 3.10. The molecule has 1 aromatic rings. The Morgan fingerprint density at radius 1 is 1.08 bits per heavy atom. The quantitative estimate of drug-likeness (QED) is 0.557. The molecule has 0 aliphatic rings. The van der Waals surface area contributed by atoms with Crippen LogP contribution in [0.4, 0.5) is 0 Å². The molecule has 2 heteroatoms. The molecule has 0 heterocycles. The van der Waals surface area contributed by atoms with Gasteiger partial charge in [-0.3, -0.25) is 0 Å². The molecule has 13 heavy (non-hydrogen) atoms. The lowest BCUT2D eigenvalue weighted by Crippen LogP contribution is -1.94. The lowest BCUT2D eigenvalue weighted by molar-refractivity contribution is 1.22. The average molecular weight is 175 g/mol. The van der Waals surface area contributed by atoms with Gasteiger partial charge in [-0.15, -0.1) is 0 Å². The Morgan fingerprint density at radius 2 is 1.69 bits per heavy atom. The van der Waals surface area contributed by atoms with E-state index in [9.17, 15) is 5.21 Å². The third-order valence-corrected chi connectivity index (χ3v) is 2.51. The zero-order valence-electron chi connectivity index (χ0n) is 8.43. The van der Waals surface area contributed by atoms with Crippen LogP contribution in [-0.2, 0) is 0 Å². The van der Waals surface area contributed by atoms with E-state index in [1.54, 1.807) is 0 Å². The van der Waals surface area contributed by atoms with Crippen molar-refractivity contribution in [2.75, 3.05) is 0 Å². The van der Waals surface area contributed by atoms with Crippen LogP contribution in [0.25, 0.3) is 5.01 Å². The number of aryl methyl sites for hydroxylation is 2. The summed E-state index contributed by atoms with van der Waals surface area (Å²) in [4.78, 5) is 0. The molecule has 0 unspecified atom stereocenters. The molecule has 0 N–H and O–H groups in total. The Kier molecular flexibility index (Phi) is 2.57. The van der Waals surface area contributed by atoms with Gasteiger partial charge in [-0.1, -0.05) is 6.07 Å². The molecule has 0 fully saturated rings. The van der Waals surface area contributed by atoms with Crippen LogP contribution in [-0.4, -0.2) is 0 Å². The van der Waals surface area contributed by atoms with Crippen molar-refractivity contribution in [1.82, 2.24) is 0 Å². The van der Waals surface area contributed by atoms with Crippen molar-refractivity contribution in [3.63, 3.8) is 0 Å². The third-order valence-electron chi connectivity index (χ3n) is 2.51. The van der Waals surface area contributed by atoms with E-state index in [0.29, 0.717) is 0 Å². The van der Waals surface area contributed by atoms with Crippen LogP contribution in [0.2, 0.25) is 0 Å². The van der Waals surface area contributed by atoms with Crippen LogP contribution < -0.4 is 0 Å². The first-order valence-corrected chi connectivity index (χ1v) is 4.23. The van der Waals surface area contributed by atoms with Crippen molar-refractivity contribution in [2.24, 2.45) is 0 Å².